The van der Waals surface area contributed by atoms with Crippen LogP contribution in [-0.4, -0.2) is 27.6 Å². The van der Waals surface area contributed by atoms with Gasteiger partial charge in [-0.2, -0.15) is 5.26 Å². The van der Waals surface area contributed by atoms with Gasteiger partial charge >= 0.3 is 11.7 Å². The maximum absolute atomic E-state index is 12.6. The first-order valence-corrected chi connectivity index (χ1v) is 11.6. The van der Waals surface area contributed by atoms with Crippen molar-refractivity contribution in [1.82, 2.24) is 9.13 Å². The zero-order valence-electron chi connectivity index (χ0n) is 20.1. The molecule has 0 saturated carbocycles. The van der Waals surface area contributed by atoms with E-state index in [0.717, 1.165) is 16.8 Å². The molecule has 0 saturated heterocycles. The largest absolute Gasteiger partial charge is 0.456 e. The van der Waals surface area contributed by atoms with Gasteiger partial charge in [0.25, 0.3) is 5.91 Å². The van der Waals surface area contributed by atoms with Crippen LogP contribution in [0.3, 0.4) is 0 Å². The summed E-state index contributed by atoms with van der Waals surface area (Å²) in [6.45, 7) is 4.01. The number of nitriles is 1. The lowest BCUT2D eigenvalue weighted by Crippen LogP contribution is -2.23. The molecule has 2 heterocycles. The highest BCUT2D eigenvalue weighted by atomic mass is 16.5. The number of benzene rings is 2. The number of carbonyl (C=O) groups excluding carboxylic acids is 2. The van der Waals surface area contributed by atoms with Gasteiger partial charge in [0.1, 0.15) is 11.9 Å². The minimum Gasteiger partial charge on any atom is -0.456 e. The third-order valence-corrected chi connectivity index (χ3v) is 6.08. The summed E-state index contributed by atoms with van der Waals surface area (Å²) in [4.78, 5) is 36.8. The second-order valence-electron chi connectivity index (χ2n) is 8.42. The van der Waals surface area contributed by atoms with Gasteiger partial charge in [0.2, 0.25) is 0 Å². The Morgan fingerprint density at radius 3 is 2.53 bits per heavy atom. The SMILES string of the molecule is Cc1c(C#N)c(NC(=O)COC(=O)CCCn2c(=O)oc3ccccc32)n(Cc2ccccc2)c1C. The van der Waals surface area contributed by atoms with Crippen molar-refractivity contribution in [2.24, 2.45) is 0 Å². The number of aryl methyl sites for hydroxylation is 1. The summed E-state index contributed by atoms with van der Waals surface area (Å²) in [6.07, 6.45) is 0.381. The van der Waals surface area contributed by atoms with E-state index in [2.05, 4.69) is 11.4 Å². The zero-order valence-corrected chi connectivity index (χ0v) is 20.1. The average Bonchev–Trinajstić information content (AvgIpc) is 3.31. The summed E-state index contributed by atoms with van der Waals surface area (Å²) >= 11 is 0. The lowest BCUT2D eigenvalue weighted by atomic mass is 10.2. The van der Waals surface area contributed by atoms with Crippen LogP contribution in [0.15, 0.2) is 63.8 Å². The molecule has 1 N–H and O–H groups in total. The third-order valence-electron chi connectivity index (χ3n) is 6.08. The number of ether oxygens (including phenoxy) is 1. The van der Waals surface area contributed by atoms with Gasteiger partial charge in [-0.1, -0.05) is 42.5 Å². The van der Waals surface area contributed by atoms with Gasteiger partial charge in [0.15, 0.2) is 12.2 Å². The molecule has 1 amide bonds. The molecule has 0 aliphatic heterocycles. The second-order valence-corrected chi connectivity index (χ2v) is 8.42. The molecule has 4 rings (SSSR count). The van der Waals surface area contributed by atoms with E-state index >= 15 is 0 Å². The first-order chi connectivity index (χ1) is 17.4. The van der Waals surface area contributed by atoms with E-state index in [1.54, 1.807) is 24.3 Å². The van der Waals surface area contributed by atoms with Crippen LogP contribution in [0.4, 0.5) is 5.82 Å². The Balaban J connectivity index is 1.34. The summed E-state index contributed by atoms with van der Waals surface area (Å²) < 4.78 is 13.6. The third kappa shape index (κ3) is 5.23. The molecule has 4 aromatic rings. The molecule has 184 valence electrons. The van der Waals surface area contributed by atoms with Gasteiger partial charge in [-0.25, -0.2) is 4.79 Å². The lowest BCUT2D eigenvalue weighted by molar-refractivity contribution is -0.147. The summed E-state index contributed by atoms with van der Waals surface area (Å²) in [5, 5.41) is 12.4. The molecule has 0 bridgehead atoms. The number of nitrogens with one attached hydrogen (secondary N) is 1. The smallest absolute Gasteiger partial charge is 0.419 e. The first kappa shape index (κ1) is 24.5. The Morgan fingerprint density at radius 1 is 1.06 bits per heavy atom. The van der Waals surface area contributed by atoms with Crippen LogP contribution in [0.25, 0.3) is 11.1 Å². The van der Waals surface area contributed by atoms with Crippen molar-refractivity contribution in [2.45, 2.75) is 39.8 Å². The van der Waals surface area contributed by atoms with E-state index in [-0.39, 0.29) is 13.0 Å². The standard InChI is InChI=1S/C27H26N4O5/c1-18-19(2)31(16-20-9-4-3-5-10-20)26(21(18)15-28)29-24(32)17-35-25(33)13-8-14-30-22-11-6-7-12-23(22)36-27(30)34/h3-7,9-12H,8,13-14,16-17H2,1-2H3,(H,29,32). The van der Waals surface area contributed by atoms with Gasteiger partial charge < -0.3 is 19.0 Å². The fraction of sp³-hybridized carbons (Fsp3) is 0.259. The quantitative estimate of drug-likeness (QED) is 0.359. The molecule has 0 fully saturated rings. The van der Waals surface area contributed by atoms with Crippen molar-refractivity contribution >= 4 is 28.8 Å². The van der Waals surface area contributed by atoms with Crippen LogP contribution in [0, 0.1) is 25.2 Å². The maximum atomic E-state index is 12.6. The molecule has 36 heavy (non-hydrogen) atoms. The number of amides is 1. The molecule has 0 aliphatic carbocycles. The molecule has 0 spiro atoms. The summed E-state index contributed by atoms with van der Waals surface area (Å²) in [5.74, 6) is -1.20. The average molecular weight is 487 g/mol. The number of nitrogens with zero attached hydrogens (tertiary/aromatic N) is 3. The number of oxazole rings is 1. The van der Waals surface area contributed by atoms with Crippen molar-refractivity contribution in [3.63, 3.8) is 0 Å². The Labute approximate surface area is 207 Å². The minimum absolute atomic E-state index is 0.0330. The first-order valence-electron chi connectivity index (χ1n) is 11.6. The van der Waals surface area contributed by atoms with Gasteiger partial charge in [0.05, 0.1) is 11.1 Å². The fourth-order valence-corrected chi connectivity index (χ4v) is 4.09. The molecular formula is C27H26N4O5. The highest BCUT2D eigenvalue weighted by molar-refractivity contribution is 5.93. The lowest BCUT2D eigenvalue weighted by Gasteiger charge is -2.13. The molecule has 9 heteroatoms. The highest BCUT2D eigenvalue weighted by Gasteiger charge is 2.20. The van der Waals surface area contributed by atoms with E-state index in [9.17, 15) is 19.6 Å². The molecule has 0 radical (unpaired) electrons. The van der Waals surface area contributed by atoms with Crippen molar-refractivity contribution in [3.05, 3.63) is 87.5 Å². The predicted molar refractivity (Wildman–Crippen MR) is 133 cm³/mol. The topological polar surface area (TPSA) is 119 Å². The van der Waals surface area contributed by atoms with Crippen LogP contribution in [0.5, 0.6) is 0 Å². The van der Waals surface area contributed by atoms with Crippen LogP contribution >= 0.6 is 0 Å². The van der Waals surface area contributed by atoms with Gasteiger partial charge in [-0.05, 0) is 43.5 Å². The van der Waals surface area contributed by atoms with Crippen molar-refractivity contribution in [1.29, 1.82) is 5.26 Å². The highest BCUT2D eigenvalue weighted by Crippen LogP contribution is 2.27. The number of hydrogen-bond acceptors (Lipinski definition) is 6. The molecular weight excluding hydrogens is 460 g/mol. The molecule has 0 atom stereocenters. The normalized spacial score (nSPS) is 10.8. The van der Waals surface area contributed by atoms with Crippen LogP contribution in [0.1, 0.15) is 35.2 Å². The predicted octanol–water partition coefficient (Wildman–Crippen LogP) is 3.89. The number of carbonyl (C=O) groups is 2. The summed E-state index contributed by atoms with van der Waals surface area (Å²) in [5.41, 5.74) is 4.19. The fourth-order valence-electron chi connectivity index (χ4n) is 4.09. The van der Waals surface area contributed by atoms with E-state index in [1.807, 2.05) is 48.7 Å². The number of fused-ring (bicyclic) bond motifs is 1. The number of rotatable bonds is 9. The maximum Gasteiger partial charge on any atom is 0.419 e. The number of anilines is 1. The molecule has 2 aromatic heterocycles. The van der Waals surface area contributed by atoms with E-state index in [1.165, 1.54) is 4.57 Å². The molecule has 0 unspecified atom stereocenters. The van der Waals surface area contributed by atoms with Crippen LogP contribution in [-0.2, 0) is 27.4 Å². The Kier molecular flexibility index (Phi) is 7.35. The van der Waals surface area contributed by atoms with Gasteiger partial charge in [0, 0.05) is 25.2 Å². The second kappa shape index (κ2) is 10.8. The summed E-state index contributed by atoms with van der Waals surface area (Å²) in [6, 6.07) is 18.9. The molecule has 9 nitrogen and oxygen atoms in total. The van der Waals surface area contributed by atoms with E-state index < -0.39 is 24.2 Å². The molecule has 0 aliphatic rings. The monoisotopic (exact) mass is 486 g/mol. The van der Waals surface area contributed by atoms with Gasteiger partial charge in [-0.15, -0.1) is 0 Å². The van der Waals surface area contributed by atoms with Gasteiger partial charge in [-0.3, -0.25) is 14.2 Å². The van der Waals surface area contributed by atoms with Crippen molar-refractivity contribution < 1.29 is 18.7 Å². The van der Waals surface area contributed by atoms with Crippen LogP contribution < -0.4 is 11.1 Å². The minimum atomic E-state index is -0.557. The number of esters is 1. The number of para-hydroxylation sites is 2. The molecule has 2 aromatic carbocycles. The Bertz CT molecular complexity index is 1500. The zero-order chi connectivity index (χ0) is 25.7. The van der Waals surface area contributed by atoms with Crippen molar-refractivity contribution in [3.8, 4) is 6.07 Å². The Hall–Kier alpha value is -4.58. The van der Waals surface area contributed by atoms with E-state index in [4.69, 9.17) is 9.15 Å². The Morgan fingerprint density at radius 2 is 1.78 bits per heavy atom. The van der Waals surface area contributed by atoms with Crippen molar-refractivity contribution in [2.75, 3.05) is 11.9 Å². The number of aromatic nitrogens is 2. The number of hydrogen-bond donors (Lipinski definition) is 1. The van der Waals surface area contributed by atoms with E-state index in [0.29, 0.717) is 35.4 Å². The summed E-state index contributed by atoms with van der Waals surface area (Å²) in [7, 11) is 0. The van der Waals surface area contributed by atoms with Crippen LogP contribution in [0.2, 0.25) is 0 Å².